The maximum atomic E-state index is 13.5. The Labute approximate surface area is 205 Å². The van der Waals surface area contributed by atoms with Gasteiger partial charge in [-0.1, -0.05) is 11.6 Å². The molecule has 4 N–H and O–H groups in total. The minimum absolute atomic E-state index is 0.00249. The lowest BCUT2D eigenvalue weighted by Gasteiger charge is -2.28. The second kappa shape index (κ2) is 11.1. The molecular formula is C23H26ClF2N5O4. The number of hydrogen-bond acceptors (Lipinski definition) is 5. The predicted molar refractivity (Wildman–Crippen MR) is 123 cm³/mol. The SMILES string of the molecule is O=C(NC1CCC(C(=O)Nc2cc(F)c(F)cc2Cl)CC1)c1nc[nH]c1C(=O)NCC1CCCO1. The number of imidazole rings is 1. The summed E-state index contributed by atoms with van der Waals surface area (Å²) in [6.45, 7) is 1.04. The lowest BCUT2D eigenvalue weighted by Crippen LogP contribution is -2.40. The summed E-state index contributed by atoms with van der Waals surface area (Å²) in [5, 5.41) is 8.09. The smallest absolute Gasteiger partial charge is 0.272 e. The highest BCUT2D eigenvalue weighted by atomic mass is 35.5. The molecule has 12 heteroatoms. The Balaban J connectivity index is 1.26. The third-order valence-electron chi connectivity index (χ3n) is 6.30. The van der Waals surface area contributed by atoms with E-state index < -0.39 is 23.4 Å². The van der Waals surface area contributed by atoms with Crippen LogP contribution in [-0.4, -0.2) is 53.0 Å². The Bertz CT molecular complexity index is 1100. The zero-order valence-corrected chi connectivity index (χ0v) is 19.6. The van der Waals surface area contributed by atoms with Crippen LogP contribution in [0.5, 0.6) is 0 Å². The number of carbonyl (C=O) groups is 3. The third kappa shape index (κ3) is 6.15. The average Bonchev–Trinajstić information content (AvgIpc) is 3.54. The number of carbonyl (C=O) groups excluding carboxylic acids is 3. The molecule has 1 unspecified atom stereocenters. The first-order chi connectivity index (χ1) is 16.8. The van der Waals surface area contributed by atoms with E-state index in [-0.39, 0.29) is 46.1 Å². The van der Waals surface area contributed by atoms with Crippen molar-refractivity contribution < 1.29 is 27.9 Å². The molecule has 1 atom stereocenters. The molecule has 1 saturated heterocycles. The Morgan fingerprint density at radius 2 is 1.83 bits per heavy atom. The van der Waals surface area contributed by atoms with Crippen molar-refractivity contribution in [3.05, 3.63) is 46.5 Å². The van der Waals surface area contributed by atoms with Crippen molar-refractivity contribution in [3.8, 4) is 0 Å². The highest BCUT2D eigenvalue weighted by molar-refractivity contribution is 6.33. The molecule has 1 aliphatic carbocycles. The van der Waals surface area contributed by atoms with Gasteiger partial charge in [0.1, 0.15) is 5.69 Å². The number of amides is 3. The van der Waals surface area contributed by atoms with Gasteiger partial charge in [-0.15, -0.1) is 0 Å². The Morgan fingerprint density at radius 1 is 1.09 bits per heavy atom. The standard InChI is InChI=1S/C23H26ClF2N5O4/c24-15-8-16(25)17(26)9-18(15)31-21(32)12-3-5-13(6-4-12)30-23(34)20-19(28-11-29-20)22(33)27-10-14-2-1-7-35-14/h8-9,11-14H,1-7,10H2,(H,27,33)(H,28,29)(H,30,34)(H,31,32). The van der Waals surface area contributed by atoms with E-state index in [0.717, 1.165) is 25.0 Å². The fourth-order valence-electron chi connectivity index (χ4n) is 4.35. The van der Waals surface area contributed by atoms with E-state index in [0.29, 0.717) is 38.8 Å². The molecular weight excluding hydrogens is 484 g/mol. The first-order valence-electron chi connectivity index (χ1n) is 11.5. The molecule has 1 aromatic carbocycles. The molecule has 2 fully saturated rings. The van der Waals surface area contributed by atoms with Crippen molar-refractivity contribution in [2.75, 3.05) is 18.5 Å². The summed E-state index contributed by atoms with van der Waals surface area (Å²) in [5.41, 5.74) is 0.0921. The van der Waals surface area contributed by atoms with Gasteiger partial charge in [0.2, 0.25) is 5.91 Å². The minimum Gasteiger partial charge on any atom is -0.376 e. The maximum Gasteiger partial charge on any atom is 0.272 e. The molecule has 1 saturated carbocycles. The summed E-state index contributed by atoms with van der Waals surface area (Å²) in [4.78, 5) is 44.5. The predicted octanol–water partition coefficient (Wildman–Crippen LogP) is 3.18. The number of aromatic nitrogens is 2. The number of hydrogen-bond donors (Lipinski definition) is 4. The Kier molecular flexibility index (Phi) is 7.97. The van der Waals surface area contributed by atoms with E-state index in [9.17, 15) is 23.2 Å². The zero-order valence-electron chi connectivity index (χ0n) is 18.8. The zero-order chi connectivity index (χ0) is 24.9. The van der Waals surface area contributed by atoms with Crippen LogP contribution in [0.2, 0.25) is 5.02 Å². The molecule has 1 aliphatic heterocycles. The van der Waals surface area contributed by atoms with Crippen LogP contribution < -0.4 is 16.0 Å². The monoisotopic (exact) mass is 509 g/mol. The molecule has 2 heterocycles. The van der Waals surface area contributed by atoms with Crippen molar-refractivity contribution in [1.82, 2.24) is 20.6 Å². The summed E-state index contributed by atoms with van der Waals surface area (Å²) in [7, 11) is 0. The van der Waals surface area contributed by atoms with Crippen molar-refractivity contribution in [2.24, 2.45) is 5.92 Å². The van der Waals surface area contributed by atoms with Gasteiger partial charge in [0, 0.05) is 31.2 Å². The summed E-state index contributed by atoms with van der Waals surface area (Å²) in [6, 6.07) is 1.46. The van der Waals surface area contributed by atoms with E-state index >= 15 is 0 Å². The first-order valence-corrected chi connectivity index (χ1v) is 11.9. The van der Waals surface area contributed by atoms with Gasteiger partial charge in [-0.2, -0.15) is 0 Å². The van der Waals surface area contributed by atoms with E-state index in [1.165, 1.54) is 6.33 Å². The molecule has 3 amide bonds. The van der Waals surface area contributed by atoms with Gasteiger partial charge in [0.15, 0.2) is 17.3 Å². The number of H-pyrrole nitrogens is 1. The van der Waals surface area contributed by atoms with Crippen LogP contribution in [0.25, 0.3) is 0 Å². The highest BCUT2D eigenvalue weighted by Crippen LogP contribution is 2.29. The number of benzene rings is 1. The number of rotatable bonds is 7. The van der Waals surface area contributed by atoms with Crippen molar-refractivity contribution >= 4 is 35.0 Å². The van der Waals surface area contributed by atoms with E-state index in [2.05, 4.69) is 25.9 Å². The molecule has 2 aliphatic rings. The normalized spacial score (nSPS) is 22.0. The number of ether oxygens (including phenoxy) is 1. The number of halogens is 3. The first kappa shape index (κ1) is 25.1. The van der Waals surface area contributed by atoms with Gasteiger partial charge >= 0.3 is 0 Å². The van der Waals surface area contributed by atoms with Crippen LogP contribution in [-0.2, 0) is 9.53 Å². The Morgan fingerprint density at radius 3 is 2.54 bits per heavy atom. The molecule has 4 rings (SSSR count). The fraction of sp³-hybridized carbons (Fsp3) is 0.478. The lowest BCUT2D eigenvalue weighted by atomic mass is 9.85. The van der Waals surface area contributed by atoms with Crippen molar-refractivity contribution in [2.45, 2.75) is 50.7 Å². The van der Waals surface area contributed by atoms with Crippen LogP contribution in [0, 0.1) is 17.6 Å². The minimum atomic E-state index is -1.10. The topological polar surface area (TPSA) is 125 Å². The quantitative estimate of drug-likeness (QED) is 0.427. The van der Waals surface area contributed by atoms with E-state index in [4.69, 9.17) is 16.3 Å². The number of anilines is 1. The number of nitrogens with zero attached hydrogens (tertiary/aromatic N) is 1. The van der Waals surface area contributed by atoms with Crippen molar-refractivity contribution in [3.63, 3.8) is 0 Å². The third-order valence-corrected chi connectivity index (χ3v) is 6.61. The molecule has 1 aromatic heterocycles. The van der Waals surface area contributed by atoms with Crippen LogP contribution in [0.15, 0.2) is 18.5 Å². The number of nitrogens with one attached hydrogen (secondary N) is 4. The molecule has 35 heavy (non-hydrogen) atoms. The molecule has 0 radical (unpaired) electrons. The molecule has 9 nitrogen and oxygen atoms in total. The molecule has 0 spiro atoms. The largest absolute Gasteiger partial charge is 0.376 e. The van der Waals surface area contributed by atoms with Gasteiger partial charge in [-0.25, -0.2) is 13.8 Å². The molecule has 188 valence electrons. The molecule has 2 aromatic rings. The second-order valence-corrected chi connectivity index (χ2v) is 9.14. The second-order valence-electron chi connectivity index (χ2n) is 8.73. The van der Waals surface area contributed by atoms with Crippen molar-refractivity contribution in [1.29, 1.82) is 0 Å². The van der Waals surface area contributed by atoms with Crippen LogP contribution in [0.3, 0.4) is 0 Å². The van der Waals surface area contributed by atoms with Gasteiger partial charge in [-0.3, -0.25) is 14.4 Å². The molecule has 0 bridgehead atoms. The summed E-state index contributed by atoms with van der Waals surface area (Å²) in [6.07, 6.45) is 5.12. The summed E-state index contributed by atoms with van der Waals surface area (Å²) >= 11 is 5.89. The highest BCUT2D eigenvalue weighted by Gasteiger charge is 2.29. The van der Waals surface area contributed by atoms with Crippen LogP contribution in [0.1, 0.15) is 59.5 Å². The van der Waals surface area contributed by atoms with Gasteiger partial charge in [0.25, 0.3) is 11.8 Å². The van der Waals surface area contributed by atoms with Crippen LogP contribution in [0.4, 0.5) is 14.5 Å². The fourth-order valence-corrected chi connectivity index (χ4v) is 4.54. The summed E-state index contributed by atoms with van der Waals surface area (Å²) in [5.74, 6) is -3.81. The lowest BCUT2D eigenvalue weighted by molar-refractivity contribution is -0.120. The van der Waals surface area contributed by atoms with Gasteiger partial charge < -0.3 is 25.7 Å². The van der Waals surface area contributed by atoms with Crippen LogP contribution >= 0.6 is 11.6 Å². The summed E-state index contributed by atoms with van der Waals surface area (Å²) < 4.78 is 32.2. The average molecular weight is 510 g/mol. The van der Waals surface area contributed by atoms with E-state index in [1.54, 1.807) is 0 Å². The number of aromatic amines is 1. The Hall–Kier alpha value is -3.05. The van der Waals surface area contributed by atoms with E-state index in [1.807, 2.05) is 0 Å². The van der Waals surface area contributed by atoms with Gasteiger partial charge in [-0.05, 0) is 44.6 Å². The maximum absolute atomic E-state index is 13.5. The van der Waals surface area contributed by atoms with Gasteiger partial charge in [0.05, 0.1) is 23.1 Å².